The monoisotopic (exact) mass is 970 g/mol. The second-order valence-electron chi connectivity index (χ2n) is 18.5. The van der Waals surface area contributed by atoms with Crippen molar-refractivity contribution in [2.45, 2.75) is 0 Å². The zero-order chi connectivity index (χ0) is 50.1. The number of fused-ring (bicyclic) bond motifs is 7. The molecule has 0 bridgehead atoms. The van der Waals surface area contributed by atoms with Crippen LogP contribution in [-0.2, 0) is 0 Å². The van der Waals surface area contributed by atoms with Gasteiger partial charge in [0.25, 0.3) is 0 Å². The fourth-order valence-electron chi connectivity index (χ4n) is 10.6. The summed E-state index contributed by atoms with van der Waals surface area (Å²) < 4.78 is 4.73. The topological polar surface area (TPSA) is 52.3 Å². The van der Waals surface area contributed by atoms with Gasteiger partial charge in [0.05, 0.1) is 27.6 Å². The maximum atomic E-state index is 11.1. The summed E-state index contributed by atoms with van der Waals surface area (Å²) in [4.78, 5) is 8.62. The van der Waals surface area contributed by atoms with E-state index >= 15 is 0 Å². The molecule has 0 spiro atoms. The molecule has 0 radical (unpaired) electrons. The summed E-state index contributed by atoms with van der Waals surface area (Å²) in [7, 11) is 0. The molecule has 358 valence electrons. The van der Waals surface area contributed by atoms with Gasteiger partial charge >= 0.3 is 18.9 Å². The molecule has 0 aliphatic rings. The SMILES string of the molecule is [H-].[Li+].[O-]c1cccc2cccnc12.c1ccc(N(c2ccc(-c3ccc(N(c4ccccc4)c4ccc(-n5c6ccccc6c6ccccc65)cc4)cc3)cc2)c2ccc(-n3c4ccccc4c4ccccc43)cc2)cc1. The number of nitrogens with zero attached hydrogens (tertiary/aromatic N) is 5. The van der Waals surface area contributed by atoms with Crippen molar-refractivity contribution < 1.29 is 25.4 Å². The van der Waals surface area contributed by atoms with Gasteiger partial charge < -0.3 is 25.5 Å². The molecular weight excluding hydrogens is 922 g/mol. The number of aromatic nitrogens is 3. The summed E-state index contributed by atoms with van der Waals surface area (Å²) in [5.41, 5.74) is 16.5. The Morgan fingerprint density at radius 2 is 0.618 bits per heavy atom. The average Bonchev–Trinajstić information content (AvgIpc) is 4.01. The number of anilines is 6. The number of para-hydroxylation sites is 7. The van der Waals surface area contributed by atoms with Crippen LogP contribution in [-0.4, -0.2) is 14.1 Å². The molecule has 0 N–H and O–H groups in total. The molecule has 0 amide bonds. The van der Waals surface area contributed by atoms with Crippen LogP contribution in [0.25, 0.3) is 77.0 Å². The third-order valence-corrected chi connectivity index (χ3v) is 14.1. The number of hydrogen-bond donors (Lipinski definition) is 0. The van der Waals surface area contributed by atoms with Crippen molar-refractivity contribution in [3.05, 3.63) is 291 Å². The van der Waals surface area contributed by atoms with Gasteiger partial charge in [-0.2, -0.15) is 0 Å². The van der Waals surface area contributed by atoms with E-state index in [1.54, 1.807) is 12.3 Å². The van der Waals surface area contributed by atoms with Gasteiger partial charge in [-0.1, -0.05) is 163 Å². The molecule has 3 heterocycles. The third kappa shape index (κ3) is 8.82. The van der Waals surface area contributed by atoms with Gasteiger partial charge in [-0.25, -0.2) is 0 Å². The van der Waals surface area contributed by atoms with Crippen molar-refractivity contribution >= 4 is 88.6 Å². The van der Waals surface area contributed by atoms with E-state index in [9.17, 15) is 5.11 Å². The predicted molar refractivity (Wildman–Crippen MR) is 312 cm³/mol. The van der Waals surface area contributed by atoms with Crippen LogP contribution >= 0.6 is 0 Å². The Balaban J connectivity index is 0.000000431. The second kappa shape index (κ2) is 20.7. The fourth-order valence-corrected chi connectivity index (χ4v) is 10.6. The van der Waals surface area contributed by atoms with Gasteiger partial charge in [-0.05, 0) is 144 Å². The molecule has 0 unspecified atom stereocenters. The fraction of sp³-hybridized carbons (Fsp3) is 0. The number of benzene rings is 11. The van der Waals surface area contributed by atoms with Gasteiger partial charge in [0, 0.05) is 73.2 Å². The molecule has 0 fully saturated rings. The predicted octanol–water partition coefficient (Wildman–Crippen LogP) is 14.9. The number of rotatable bonds is 9. The van der Waals surface area contributed by atoms with E-state index in [0.717, 1.165) is 62.0 Å². The molecule has 6 nitrogen and oxygen atoms in total. The number of pyridine rings is 1. The van der Waals surface area contributed by atoms with Gasteiger partial charge in [-0.3, -0.25) is 4.98 Å². The van der Waals surface area contributed by atoms with E-state index in [1.807, 2.05) is 18.2 Å². The van der Waals surface area contributed by atoms with Crippen molar-refractivity contribution in [1.29, 1.82) is 0 Å². The first-order valence-corrected chi connectivity index (χ1v) is 25.2. The van der Waals surface area contributed by atoms with E-state index in [2.05, 4.69) is 279 Å². The van der Waals surface area contributed by atoms with Gasteiger partial charge in [0.2, 0.25) is 0 Å². The summed E-state index contributed by atoms with van der Waals surface area (Å²) >= 11 is 0. The molecular formula is C69H49LiN5O-. The minimum absolute atomic E-state index is 0. The largest absolute Gasteiger partial charge is 1.00 e. The minimum atomic E-state index is -0.0110. The van der Waals surface area contributed by atoms with Crippen LogP contribution < -0.4 is 33.8 Å². The minimum Gasteiger partial charge on any atom is -1.00 e. The van der Waals surface area contributed by atoms with E-state index in [4.69, 9.17) is 0 Å². The van der Waals surface area contributed by atoms with Gasteiger partial charge in [0.1, 0.15) is 0 Å². The van der Waals surface area contributed by atoms with Crippen molar-refractivity contribution in [2.24, 2.45) is 0 Å². The molecule has 76 heavy (non-hydrogen) atoms. The molecule has 3 aromatic heterocycles. The van der Waals surface area contributed by atoms with Crippen molar-refractivity contribution in [3.8, 4) is 28.3 Å². The van der Waals surface area contributed by atoms with E-state index in [-0.39, 0.29) is 26.0 Å². The average molecular weight is 971 g/mol. The van der Waals surface area contributed by atoms with E-state index in [0.29, 0.717) is 5.52 Å². The van der Waals surface area contributed by atoms with Crippen LogP contribution in [0.4, 0.5) is 34.1 Å². The van der Waals surface area contributed by atoms with Crippen LogP contribution in [0, 0.1) is 0 Å². The molecule has 0 atom stereocenters. The Hall–Kier alpha value is -9.57. The Labute approximate surface area is 454 Å². The maximum Gasteiger partial charge on any atom is 1.00 e. The first-order valence-electron chi connectivity index (χ1n) is 25.2. The Morgan fingerprint density at radius 3 is 0.987 bits per heavy atom. The first-order chi connectivity index (χ1) is 37.1. The Bertz CT molecular complexity index is 3940. The summed E-state index contributed by atoms with van der Waals surface area (Å²) in [6, 6.07) is 100. The quantitative estimate of drug-likeness (QED) is 0.135. The van der Waals surface area contributed by atoms with Gasteiger partial charge in [-0.15, -0.1) is 0 Å². The maximum absolute atomic E-state index is 11.1. The summed E-state index contributed by atoms with van der Waals surface area (Å²) in [5.74, 6) is -0.0110. The van der Waals surface area contributed by atoms with Crippen LogP contribution in [0.3, 0.4) is 0 Å². The molecule has 0 aliphatic carbocycles. The number of hydrogen-bond acceptors (Lipinski definition) is 4. The zero-order valence-electron chi connectivity index (χ0n) is 42.9. The van der Waals surface area contributed by atoms with E-state index in [1.165, 1.54) is 49.7 Å². The Kier molecular flexibility index (Phi) is 12.9. The van der Waals surface area contributed by atoms with Crippen molar-refractivity contribution in [1.82, 2.24) is 14.1 Å². The molecule has 7 heteroatoms. The Morgan fingerprint density at radius 1 is 0.303 bits per heavy atom. The van der Waals surface area contributed by atoms with Crippen LogP contribution in [0.2, 0.25) is 0 Å². The molecule has 0 saturated heterocycles. The normalized spacial score (nSPS) is 11.1. The molecule has 0 aliphatic heterocycles. The summed E-state index contributed by atoms with van der Waals surface area (Å²) in [6.07, 6.45) is 1.63. The van der Waals surface area contributed by atoms with Crippen LogP contribution in [0.15, 0.2) is 291 Å². The zero-order valence-corrected chi connectivity index (χ0v) is 41.9. The summed E-state index contributed by atoms with van der Waals surface area (Å²) in [6.45, 7) is 0. The van der Waals surface area contributed by atoms with Crippen molar-refractivity contribution in [2.75, 3.05) is 9.80 Å². The van der Waals surface area contributed by atoms with Gasteiger partial charge in [0.15, 0.2) is 0 Å². The third-order valence-electron chi connectivity index (χ3n) is 14.1. The van der Waals surface area contributed by atoms with Crippen LogP contribution in [0.1, 0.15) is 1.43 Å². The molecule has 0 saturated carbocycles. The van der Waals surface area contributed by atoms with Crippen LogP contribution in [0.5, 0.6) is 5.75 Å². The first kappa shape index (κ1) is 47.4. The molecule has 14 aromatic rings. The standard InChI is InChI=1S/C60H42N4.C9H7NO.Li.H/c1-3-15-45(16-4-1)61(49-35-39-51(40-36-49)63-57-23-11-7-19-53(57)54-20-8-12-24-58(54)63)47-31-27-43(28-32-47)44-29-33-48(34-30-44)62(46-17-5-2-6-18-46)50-37-41-52(42-38-50)64-59-25-13-9-21-55(59)56-22-10-14-26-60(56)64;11-8-5-1-3-7-4-2-6-10-9(7)8;;/h1-42H;1-6,11H;;/q;;+1;-1/p-1. The van der Waals surface area contributed by atoms with Crippen molar-refractivity contribution in [3.63, 3.8) is 0 Å². The second-order valence-corrected chi connectivity index (χ2v) is 18.5. The smallest absolute Gasteiger partial charge is 1.00 e. The van der Waals surface area contributed by atoms with E-state index < -0.39 is 0 Å². The summed E-state index contributed by atoms with van der Waals surface area (Å²) in [5, 5.41) is 17.1. The molecule has 14 rings (SSSR count). The molecule has 11 aromatic carbocycles.